The molecule has 1 aromatic carbocycles. The molecule has 0 spiro atoms. The Kier molecular flexibility index (Phi) is 3.63. The van der Waals surface area contributed by atoms with E-state index in [1.54, 1.807) is 6.07 Å². The molecule has 3 nitrogen and oxygen atoms in total. The van der Waals surface area contributed by atoms with Gasteiger partial charge in [-0.25, -0.2) is 4.39 Å². The van der Waals surface area contributed by atoms with Crippen LogP contribution >= 0.6 is 34.7 Å². The van der Waals surface area contributed by atoms with Gasteiger partial charge in [-0.15, -0.1) is 22.0 Å². The first-order chi connectivity index (χ1) is 7.65. The van der Waals surface area contributed by atoms with Crippen LogP contribution in [-0.2, 0) is 5.75 Å². The summed E-state index contributed by atoms with van der Waals surface area (Å²) in [7, 11) is 0. The average molecular weight is 276 g/mol. The van der Waals surface area contributed by atoms with Gasteiger partial charge in [-0.2, -0.15) is 0 Å². The molecule has 0 aliphatic rings. The van der Waals surface area contributed by atoms with E-state index in [1.165, 1.54) is 35.2 Å². The van der Waals surface area contributed by atoms with E-state index in [1.807, 2.05) is 0 Å². The van der Waals surface area contributed by atoms with Gasteiger partial charge in [-0.1, -0.05) is 11.3 Å². The van der Waals surface area contributed by atoms with Crippen LogP contribution in [0.5, 0.6) is 0 Å². The SMILES string of the molecule is Nc1cc(F)ccc1SCc1nnc(Cl)s1. The van der Waals surface area contributed by atoms with Crippen molar-refractivity contribution in [2.45, 2.75) is 10.6 Å². The maximum absolute atomic E-state index is 12.8. The number of halogens is 2. The summed E-state index contributed by atoms with van der Waals surface area (Å²) in [6.45, 7) is 0. The molecular formula is C9H7ClFN3S2. The number of hydrogen-bond donors (Lipinski definition) is 1. The molecule has 0 radical (unpaired) electrons. The Morgan fingerprint density at radius 3 is 2.88 bits per heavy atom. The lowest BCUT2D eigenvalue weighted by Gasteiger charge is -2.03. The molecule has 1 heterocycles. The summed E-state index contributed by atoms with van der Waals surface area (Å²) < 4.78 is 13.2. The van der Waals surface area contributed by atoms with Gasteiger partial charge in [0.15, 0.2) is 0 Å². The second kappa shape index (κ2) is 4.99. The van der Waals surface area contributed by atoms with Gasteiger partial charge < -0.3 is 5.73 Å². The van der Waals surface area contributed by atoms with Gasteiger partial charge in [0.1, 0.15) is 10.8 Å². The number of nitrogen functional groups attached to an aromatic ring is 1. The van der Waals surface area contributed by atoms with Gasteiger partial charge in [0.2, 0.25) is 4.47 Å². The first-order valence-electron chi connectivity index (χ1n) is 4.31. The first-order valence-corrected chi connectivity index (χ1v) is 6.49. The van der Waals surface area contributed by atoms with E-state index in [-0.39, 0.29) is 5.82 Å². The van der Waals surface area contributed by atoms with Gasteiger partial charge in [0.25, 0.3) is 0 Å². The predicted molar refractivity (Wildman–Crippen MR) is 65.3 cm³/mol. The van der Waals surface area contributed by atoms with Crippen LogP contribution in [0.4, 0.5) is 10.1 Å². The Bertz CT molecular complexity index is 503. The largest absolute Gasteiger partial charge is 0.398 e. The summed E-state index contributed by atoms with van der Waals surface area (Å²) in [6, 6.07) is 4.33. The lowest BCUT2D eigenvalue weighted by molar-refractivity contribution is 0.627. The zero-order valence-corrected chi connectivity index (χ0v) is 10.4. The van der Waals surface area contributed by atoms with Crippen molar-refractivity contribution < 1.29 is 4.39 Å². The third-order valence-corrected chi connectivity index (χ3v) is 4.07. The number of rotatable bonds is 3. The molecular weight excluding hydrogens is 269 g/mol. The maximum Gasteiger partial charge on any atom is 0.207 e. The number of thioether (sulfide) groups is 1. The van der Waals surface area contributed by atoms with Crippen molar-refractivity contribution in [2.75, 3.05) is 5.73 Å². The topological polar surface area (TPSA) is 51.8 Å². The van der Waals surface area contributed by atoms with Gasteiger partial charge in [-0.3, -0.25) is 0 Å². The maximum atomic E-state index is 12.8. The molecule has 2 N–H and O–H groups in total. The lowest BCUT2D eigenvalue weighted by atomic mass is 10.3. The van der Waals surface area contributed by atoms with E-state index in [0.29, 0.717) is 15.9 Å². The molecule has 0 atom stereocenters. The van der Waals surface area contributed by atoms with E-state index in [9.17, 15) is 4.39 Å². The van der Waals surface area contributed by atoms with E-state index >= 15 is 0 Å². The highest BCUT2D eigenvalue weighted by atomic mass is 35.5. The molecule has 0 unspecified atom stereocenters. The van der Waals surface area contributed by atoms with Gasteiger partial charge in [0, 0.05) is 10.6 Å². The van der Waals surface area contributed by atoms with Crippen molar-refractivity contribution in [1.82, 2.24) is 10.2 Å². The second-order valence-corrected chi connectivity index (χ2v) is 5.58. The smallest absolute Gasteiger partial charge is 0.207 e. The molecule has 2 aromatic rings. The first kappa shape index (κ1) is 11.6. The van der Waals surface area contributed by atoms with Crippen LogP contribution < -0.4 is 5.73 Å². The predicted octanol–water partition coefficient (Wildman–Crippen LogP) is 3.21. The number of aromatic nitrogens is 2. The van der Waals surface area contributed by atoms with Crippen LogP contribution in [0.3, 0.4) is 0 Å². The summed E-state index contributed by atoms with van der Waals surface area (Å²) >= 11 is 8.46. The Hall–Kier alpha value is -0.850. The zero-order valence-electron chi connectivity index (χ0n) is 7.98. The highest BCUT2D eigenvalue weighted by molar-refractivity contribution is 7.98. The molecule has 0 amide bonds. The van der Waals surface area contributed by atoms with Gasteiger partial charge >= 0.3 is 0 Å². The van der Waals surface area contributed by atoms with Crippen LogP contribution in [-0.4, -0.2) is 10.2 Å². The minimum absolute atomic E-state index is 0.333. The Morgan fingerprint density at radius 2 is 2.25 bits per heavy atom. The van der Waals surface area contributed by atoms with Crippen molar-refractivity contribution in [3.8, 4) is 0 Å². The fourth-order valence-corrected chi connectivity index (χ4v) is 2.88. The van der Waals surface area contributed by atoms with E-state index in [2.05, 4.69) is 10.2 Å². The Morgan fingerprint density at radius 1 is 1.44 bits per heavy atom. The molecule has 84 valence electrons. The standard InChI is InChI=1S/C9H7ClFN3S2/c10-9-14-13-8(16-9)4-15-7-2-1-5(11)3-6(7)12/h1-3H,4,12H2. The Balaban J connectivity index is 2.04. The molecule has 0 fully saturated rings. The van der Waals surface area contributed by atoms with Crippen molar-refractivity contribution in [2.24, 2.45) is 0 Å². The number of nitrogens with zero attached hydrogens (tertiary/aromatic N) is 2. The van der Waals surface area contributed by atoms with Crippen LogP contribution in [0.1, 0.15) is 5.01 Å². The highest BCUT2D eigenvalue weighted by Gasteiger charge is 2.05. The van der Waals surface area contributed by atoms with E-state index < -0.39 is 0 Å². The van der Waals surface area contributed by atoms with Gasteiger partial charge in [0.05, 0.1) is 5.75 Å². The van der Waals surface area contributed by atoms with Crippen molar-refractivity contribution in [1.29, 1.82) is 0 Å². The normalized spacial score (nSPS) is 10.6. The summed E-state index contributed by atoms with van der Waals surface area (Å²) in [4.78, 5) is 0.827. The summed E-state index contributed by atoms with van der Waals surface area (Å²) in [6.07, 6.45) is 0. The third kappa shape index (κ3) is 2.84. The third-order valence-electron chi connectivity index (χ3n) is 1.77. The average Bonchev–Trinajstić information content (AvgIpc) is 2.63. The molecule has 0 aliphatic carbocycles. The molecule has 16 heavy (non-hydrogen) atoms. The minimum atomic E-state index is -0.333. The molecule has 2 rings (SSSR count). The number of anilines is 1. The number of hydrogen-bond acceptors (Lipinski definition) is 5. The molecule has 1 aromatic heterocycles. The van der Waals surface area contributed by atoms with Gasteiger partial charge in [-0.05, 0) is 29.8 Å². The van der Waals surface area contributed by atoms with Crippen molar-refractivity contribution in [3.05, 3.63) is 33.5 Å². The summed E-state index contributed by atoms with van der Waals surface area (Å²) in [5.74, 6) is 0.293. The van der Waals surface area contributed by atoms with Crippen LogP contribution in [0.25, 0.3) is 0 Å². The minimum Gasteiger partial charge on any atom is -0.398 e. The Labute approximate surface area is 105 Å². The highest BCUT2D eigenvalue weighted by Crippen LogP contribution is 2.29. The summed E-state index contributed by atoms with van der Waals surface area (Å²) in [5, 5.41) is 8.39. The molecule has 0 bridgehead atoms. The quantitative estimate of drug-likeness (QED) is 0.690. The lowest BCUT2D eigenvalue weighted by Crippen LogP contribution is -1.90. The molecule has 0 aliphatic heterocycles. The van der Waals surface area contributed by atoms with Crippen LogP contribution in [0.15, 0.2) is 23.1 Å². The van der Waals surface area contributed by atoms with Crippen LogP contribution in [0, 0.1) is 5.82 Å². The number of benzene rings is 1. The number of nitrogens with two attached hydrogens (primary N) is 1. The second-order valence-electron chi connectivity index (χ2n) is 2.92. The molecule has 7 heteroatoms. The molecule has 0 saturated heterocycles. The fourth-order valence-electron chi connectivity index (χ4n) is 1.08. The molecule has 0 saturated carbocycles. The van der Waals surface area contributed by atoms with Crippen LogP contribution in [0.2, 0.25) is 4.47 Å². The van der Waals surface area contributed by atoms with Crippen molar-refractivity contribution in [3.63, 3.8) is 0 Å². The summed E-state index contributed by atoms with van der Waals surface area (Å²) in [5.41, 5.74) is 6.10. The van der Waals surface area contributed by atoms with Crippen molar-refractivity contribution >= 4 is 40.4 Å². The van der Waals surface area contributed by atoms with E-state index in [0.717, 1.165) is 9.90 Å². The zero-order chi connectivity index (χ0) is 11.5. The monoisotopic (exact) mass is 275 g/mol. The van der Waals surface area contributed by atoms with E-state index in [4.69, 9.17) is 17.3 Å². The fraction of sp³-hybridized carbons (Fsp3) is 0.111.